The third kappa shape index (κ3) is 2.46. The first kappa shape index (κ1) is 7.86. The van der Waals surface area contributed by atoms with E-state index in [-0.39, 0.29) is 0 Å². The first-order chi connectivity index (χ1) is 5.33. The second-order valence-electron chi connectivity index (χ2n) is 2.57. The summed E-state index contributed by atoms with van der Waals surface area (Å²) >= 11 is 0. The van der Waals surface area contributed by atoms with E-state index in [9.17, 15) is 0 Å². The third-order valence-corrected chi connectivity index (χ3v) is 1.58. The average Bonchev–Trinajstić information content (AvgIpc) is 2.04. The molecular weight excluding hydrogens is 136 g/mol. The average molecular weight is 148 g/mol. The minimum absolute atomic E-state index is 0.802. The van der Waals surface area contributed by atoms with Crippen LogP contribution in [0.5, 0.6) is 0 Å². The SMILES string of the molecule is Cc1ccc(CC=CO)cc1. The van der Waals surface area contributed by atoms with Gasteiger partial charge in [-0.05, 0) is 25.0 Å². The fraction of sp³-hybridized carbons (Fsp3) is 0.200. The minimum Gasteiger partial charge on any atom is -0.516 e. The van der Waals surface area contributed by atoms with Gasteiger partial charge in [0.25, 0.3) is 0 Å². The topological polar surface area (TPSA) is 20.2 Å². The molecule has 1 rings (SSSR count). The number of hydrogen-bond acceptors (Lipinski definition) is 1. The molecule has 1 N–H and O–H groups in total. The number of aryl methyl sites for hydroxylation is 1. The highest BCUT2D eigenvalue weighted by molar-refractivity contribution is 5.22. The van der Waals surface area contributed by atoms with Crippen molar-refractivity contribution >= 4 is 0 Å². The maximum atomic E-state index is 8.40. The van der Waals surface area contributed by atoms with Gasteiger partial charge in [-0.2, -0.15) is 0 Å². The Morgan fingerprint density at radius 2 is 1.91 bits per heavy atom. The van der Waals surface area contributed by atoms with Crippen LogP contribution in [0, 0.1) is 6.92 Å². The van der Waals surface area contributed by atoms with E-state index < -0.39 is 0 Å². The largest absolute Gasteiger partial charge is 0.516 e. The van der Waals surface area contributed by atoms with Gasteiger partial charge < -0.3 is 5.11 Å². The second kappa shape index (κ2) is 3.81. The molecule has 58 valence electrons. The highest BCUT2D eigenvalue weighted by atomic mass is 16.2. The standard InChI is InChI=1S/C10H12O/c1-9-4-6-10(7-5-9)3-2-8-11/h2,4-8,11H,3H2,1H3. The van der Waals surface area contributed by atoms with Gasteiger partial charge in [0.1, 0.15) is 0 Å². The summed E-state index contributed by atoms with van der Waals surface area (Å²) < 4.78 is 0. The summed E-state index contributed by atoms with van der Waals surface area (Å²) in [4.78, 5) is 0. The smallest absolute Gasteiger partial charge is 0.0755 e. The van der Waals surface area contributed by atoms with Crippen LogP contribution >= 0.6 is 0 Å². The van der Waals surface area contributed by atoms with Gasteiger partial charge in [0.15, 0.2) is 0 Å². The molecule has 0 spiro atoms. The zero-order valence-electron chi connectivity index (χ0n) is 6.62. The lowest BCUT2D eigenvalue weighted by Gasteiger charge is -1.95. The molecule has 0 atom stereocenters. The number of rotatable bonds is 2. The van der Waals surface area contributed by atoms with Gasteiger partial charge in [-0.25, -0.2) is 0 Å². The van der Waals surface area contributed by atoms with Crippen molar-refractivity contribution in [3.05, 3.63) is 47.7 Å². The molecule has 0 saturated carbocycles. The summed E-state index contributed by atoms with van der Waals surface area (Å²) in [6.07, 6.45) is 3.61. The molecule has 0 saturated heterocycles. The number of aliphatic hydroxyl groups excluding tert-OH is 1. The monoisotopic (exact) mass is 148 g/mol. The van der Waals surface area contributed by atoms with Crippen LogP contribution < -0.4 is 0 Å². The van der Waals surface area contributed by atoms with Crippen LogP contribution in [-0.2, 0) is 6.42 Å². The molecule has 0 aliphatic carbocycles. The van der Waals surface area contributed by atoms with Crippen LogP contribution in [0.2, 0.25) is 0 Å². The molecule has 0 heterocycles. The predicted octanol–water partition coefficient (Wildman–Crippen LogP) is 2.61. The number of aliphatic hydroxyl groups is 1. The van der Waals surface area contributed by atoms with Gasteiger partial charge >= 0.3 is 0 Å². The van der Waals surface area contributed by atoms with Crippen LogP contribution in [0.25, 0.3) is 0 Å². The van der Waals surface area contributed by atoms with E-state index in [0.29, 0.717) is 0 Å². The number of hydrogen-bond donors (Lipinski definition) is 1. The van der Waals surface area contributed by atoms with Crippen molar-refractivity contribution < 1.29 is 5.11 Å². The Morgan fingerprint density at radius 3 is 2.45 bits per heavy atom. The van der Waals surface area contributed by atoms with Crippen molar-refractivity contribution in [2.75, 3.05) is 0 Å². The summed E-state index contributed by atoms with van der Waals surface area (Å²) in [6.45, 7) is 2.06. The van der Waals surface area contributed by atoms with Gasteiger partial charge in [-0.15, -0.1) is 0 Å². The highest BCUT2D eigenvalue weighted by Crippen LogP contribution is 2.03. The number of allylic oxidation sites excluding steroid dienone is 1. The van der Waals surface area contributed by atoms with Crippen molar-refractivity contribution in [1.82, 2.24) is 0 Å². The van der Waals surface area contributed by atoms with Crippen LogP contribution in [0.15, 0.2) is 36.6 Å². The summed E-state index contributed by atoms with van der Waals surface area (Å²) in [5.74, 6) is 0. The van der Waals surface area contributed by atoms with Gasteiger partial charge in [0.2, 0.25) is 0 Å². The molecule has 1 aromatic rings. The maximum absolute atomic E-state index is 8.40. The van der Waals surface area contributed by atoms with Gasteiger partial charge in [0, 0.05) is 0 Å². The molecule has 0 aromatic heterocycles. The molecule has 0 radical (unpaired) electrons. The van der Waals surface area contributed by atoms with E-state index in [1.807, 2.05) is 0 Å². The normalized spacial score (nSPS) is 10.6. The predicted molar refractivity (Wildman–Crippen MR) is 46.7 cm³/mol. The Balaban J connectivity index is 2.66. The van der Waals surface area contributed by atoms with Crippen molar-refractivity contribution in [3.63, 3.8) is 0 Å². The molecular formula is C10H12O. The molecule has 0 aliphatic heterocycles. The van der Waals surface area contributed by atoms with Crippen LogP contribution in [0.3, 0.4) is 0 Å². The molecule has 11 heavy (non-hydrogen) atoms. The third-order valence-electron chi connectivity index (χ3n) is 1.58. The second-order valence-corrected chi connectivity index (χ2v) is 2.57. The Bertz CT molecular complexity index is 234. The summed E-state index contributed by atoms with van der Waals surface area (Å²) in [5.41, 5.74) is 2.49. The molecule has 0 aliphatic rings. The van der Waals surface area contributed by atoms with Crippen LogP contribution in [0.1, 0.15) is 11.1 Å². The summed E-state index contributed by atoms with van der Waals surface area (Å²) in [6, 6.07) is 8.27. The lowest BCUT2D eigenvalue weighted by molar-refractivity contribution is 0.471. The Hall–Kier alpha value is -1.24. The van der Waals surface area contributed by atoms with E-state index in [4.69, 9.17) is 5.11 Å². The van der Waals surface area contributed by atoms with E-state index in [1.54, 1.807) is 6.08 Å². The van der Waals surface area contributed by atoms with Crippen LogP contribution in [-0.4, -0.2) is 5.11 Å². The molecule has 1 aromatic carbocycles. The Labute approximate surface area is 67.0 Å². The molecule has 1 heteroatoms. The summed E-state index contributed by atoms with van der Waals surface area (Å²) in [5, 5.41) is 8.40. The van der Waals surface area contributed by atoms with Gasteiger partial charge in [0.05, 0.1) is 6.26 Å². The Kier molecular flexibility index (Phi) is 2.73. The van der Waals surface area contributed by atoms with Gasteiger partial charge in [-0.3, -0.25) is 0 Å². The Morgan fingerprint density at radius 1 is 1.27 bits per heavy atom. The highest BCUT2D eigenvalue weighted by Gasteiger charge is 1.87. The lowest BCUT2D eigenvalue weighted by atomic mass is 10.1. The first-order valence-corrected chi connectivity index (χ1v) is 3.67. The van der Waals surface area contributed by atoms with E-state index >= 15 is 0 Å². The van der Waals surface area contributed by atoms with Crippen molar-refractivity contribution in [3.8, 4) is 0 Å². The van der Waals surface area contributed by atoms with Crippen molar-refractivity contribution in [1.29, 1.82) is 0 Å². The minimum atomic E-state index is 0.802. The fourth-order valence-corrected chi connectivity index (χ4v) is 0.913. The summed E-state index contributed by atoms with van der Waals surface area (Å²) in [7, 11) is 0. The molecule has 0 bridgehead atoms. The fourth-order valence-electron chi connectivity index (χ4n) is 0.913. The zero-order valence-corrected chi connectivity index (χ0v) is 6.62. The van der Waals surface area contributed by atoms with E-state index in [2.05, 4.69) is 31.2 Å². The number of benzene rings is 1. The molecule has 0 fully saturated rings. The first-order valence-electron chi connectivity index (χ1n) is 3.67. The quantitative estimate of drug-likeness (QED) is 0.639. The van der Waals surface area contributed by atoms with Crippen LogP contribution in [0.4, 0.5) is 0 Å². The van der Waals surface area contributed by atoms with Gasteiger partial charge in [-0.1, -0.05) is 29.8 Å². The lowest BCUT2D eigenvalue weighted by Crippen LogP contribution is -1.80. The zero-order chi connectivity index (χ0) is 8.10. The molecule has 1 nitrogen and oxygen atoms in total. The molecule has 0 unspecified atom stereocenters. The molecule has 0 amide bonds. The van der Waals surface area contributed by atoms with E-state index in [1.165, 1.54) is 11.1 Å². The maximum Gasteiger partial charge on any atom is 0.0755 e. The van der Waals surface area contributed by atoms with E-state index in [0.717, 1.165) is 12.7 Å². The van der Waals surface area contributed by atoms with Crippen molar-refractivity contribution in [2.24, 2.45) is 0 Å². The van der Waals surface area contributed by atoms with Crippen molar-refractivity contribution in [2.45, 2.75) is 13.3 Å².